The molecule has 0 unspecified atom stereocenters. The maximum atomic E-state index is 11.9. The summed E-state index contributed by atoms with van der Waals surface area (Å²) in [5.74, 6) is -0.693. The topological polar surface area (TPSA) is 92.7 Å². The van der Waals surface area contributed by atoms with Gasteiger partial charge in [-0.15, -0.1) is 0 Å². The minimum Gasteiger partial charge on any atom is -0.457 e. The van der Waals surface area contributed by atoms with Gasteiger partial charge in [0.15, 0.2) is 9.84 Å². The Balaban J connectivity index is 2.14. The fraction of sp³-hybridized carbons (Fsp3) is 0.0714. The van der Waals surface area contributed by atoms with Gasteiger partial charge < -0.3 is 4.74 Å². The predicted octanol–water partition coefficient (Wildman–Crippen LogP) is 1.76. The first-order chi connectivity index (χ1) is 10.0. The number of benzene rings is 2. The summed E-state index contributed by atoms with van der Waals surface area (Å²) in [6.45, 7) is 0. The van der Waals surface area contributed by atoms with Gasteiger partial charge in [-0.2, -0.15) is 0 Å². The molecule has 21 heavy (non-hydrogen) atoms. The fourth-order valence-electron chi connectivity index (χ4n) is 1.63. The molecule has 0 radical (unpaired) electrons. The molecule has 0 atom stereocenters. The van der Waals surface area contributed by atoms with Crippen LogP contribution in [0, 0.1) is 0 Å². The van der Waals surface area contributed by atoms with E-state index in [9.17, 15) is 13.2 Å². The van der Waals surface area contributed by atoms with Crippen LogP contribution in [0.1, 0.15) is 0 Å². The number of nitrogens with one attached hydrogen (secondary N) is 1. The van der Waals surface area contributed by atoms with Gasteiger partial charge in [-0.1, -0.05) is 18.2 Å². The molecular weight excluding hydrogens is 294 g/mol. The molecule has 0 heterocycles. The highest BCUT2D eigenvalue weighted by Gasteiger charge is 2.18. The Morgan fingerprint density at radius 3 is 2.14 bits per heavy atom. The number of ether oxygens (including phenoxy) is 1. The summed E-state index contributed by atoms with van der Waals surface area (Å²) in [7, 11) is -3.79. The molecule has 0 fully saturated rings. The molecule has 6 nitrogen and oxygen atoms in total. The van der Waals surface area contributed by atoms with Crippen molar-refractivity contribution in [1.29, 1.82) is 0 Å². The standard InChI is InChI=1S/C14H13NO5S/c16-14(15-17)10-21(18,19)13-8-6-12(7-9-13)20-11-4-2-1-3-5-11/h1-9,17H,10H2,(H,15,16). The van der Waals surface area contributed by atoms with Gasteiger partial charge >= 0.3 is 0 Å². The van der Waals surface area contributed by atoms with Gasteiger partial charge in [0.05, 0.1) is 4.90 Å². The van der Waals surface area contributed by atoms with Crippen molar-refractivity contribution < 1.29 is 23.2 Å². The first kappa shape index (κ1) is 15.0. The van der Waals surface area contributed by atoms with E-state index < -0.39 is 21.5 Å². The van der Waals surface area contributed by atoms with E-state index >= 15 is 0 Å². The van der Waals surface area contributed by atoms with Crippen LogP contribution in [0.2, 0.25) is 0 Å². The van der Waals surface area contributed by atoms with E-state index in [1.165, 1.54) is 29.7 Å². The molecule has 0 saturated carbocycles. The molecule has 0 aliphatic heterocycles. The molecule has 2 N–H and O–H groups in total. The second kappa shape index (κ2) is 6.38. The van der Waals surface area contributed by atoms with E-state index in [1.807, 2.05) is 18.2 Å². The van der Waals surface area contributed by atoms with E-state index in [0.29, 0.717) is 11.5 Å². The summed E-state index contributed by atoms with van der Waals surface area (Å²) in [4.78, 5) is 10.9. The Bertz CT molecular complexity index is 711. The van der Waals surface area contributed by atoms with Crippen molar-refractivity contribution in [1.82, 2.24) is 5.48 Å². The van der Waals surface area contributed by atoms with Crippen molar-refractivity contribution in [2.24, 2.45) is 0 Å². The van der Waals surface area contributed by atoms with E-state index in [2.05, 4.69) is 0 Å². The summed E-state index contributed by atoms with van der Waals surface area (Å²) in [6.07, 6.45) is 0. The van der Waals surface area contributed by atoms with Crippen molar-refractivity contribution in [2.75, 3.05) is 5.75 Å². The highest BCUT2D eigenvalue weighted by atomic mass is 32.2. The molecule has 1 amide bonds. The molecule has 2 aromatic carbocycles. The number of carbonyl (C=O) groups is 1. The van der Waals surface area contributed by atoms with Crippen molar-refractivity contribution >= 4 is 15.7 Å². The third kappa shape index (κ3) is 4.04. The minimum atomic E-state index is -3.79. The minimum absolute atomic E-state index is 0.0217. The lowest BCUT2D eigenvalue weighted by Crippen LogP contribution is -2.27. The highest BCUT2D eigenvalue weighted by molar-refractivity contribution is 7.92. The number of amides is 1. The smallest absolute Gasteiger partial charge is 0.258 e. The lowest BCUT2D eigenvalue weighted by atomic mass is 10.3. The number of sulfone groups is 1. The SMILES string of the molecule is O=C(CS(=O)(=O)c1ccc(Oc2ccccc2)cc1)NO. The van der Waals surface area contributed by atoms with Crippen molar-refractivity contribution in [2.45, 2.75) is 4.90 Å². The first-order valence-corrected chi connectivity index (χ1v) is 7.65. The molecule has 0 spiro atoms. The molecule has 2 rings (SSSR count). The average Bonchev–Trinajstić information content (AvgIpc) is 2.48. The summed E-state index contributed by atoms with van der Waals surface area (Å²) >= 11 is 0. The van der Waals surface area contributed by atoms with Gasteiger partial charge in [-0.05, 0) is 36.4 Å². The predicted molar refractivity (Wildman–Crippen MR) is 74.9 cm³/mol. The molecule has 0 aliphatic rings. The normalized spacial score (nSPS) is 10.9. The summed E-state index contributed by atoms with van der Waals surface area (Å²) in [5.41, 5.74) is 1.29. The zero-order valence-corrected chi connectivity index (χ0v) is 11.7. The van der Waals surface area contributed by atoms with Gasteiger partial charge in [-0.3, -0.25) is 10.0 Å². The molecule has 0 saturated heterocycles. The lowest BCUT2D eigenvalue weighted by Gasteiger charge is -2.07. The van der Waals surface area contributed by atoms with E-state index in [1.54, 1.807) is 12.1 Å². The van der Waals surface area contributed by atoms with Gasteiger partial charge in [0.2, 0.25) is 0 Å². The average molecular weight is 307 g/mol. The maximum Gasteiger partial charge on any atom is 0.258 e. The molecule has 110 valence electrons. The number of carbonyl (C=O) groups excluding carboxylic acids is 1. The Labute approximate surface area is 121 Å². The van der Waals surface area contributed by atoms with Crippen LogP contribution in [-0.4, -0.2) is 25.3 Å². The zero-order chi connectivity index (χ0) is 15.3. The Hall–Kier alpha value is -2.38. The van der Waals surface area contributed by atoms with Crippen molar-refractivity contribution in [3.63, 3.8) is 0 Å². The zero-order valence-electron chi connectivity index (χ0n) is 10.9. The third-order valence-corrected chi connectivity index (χ3v) is 4.24. The van der Waals surface area contributed by atoms with Crippen LogP contribution in [0.25, 0.3) is 0 Å². The van der Waals surface area contributed by atoms with Gasteiger partial charge in [0.1, 0.15) is 17.3 Å². The van der Waals surface area contributed by atoms with Crippen LogP contribution in [0.15, 0.2) is 59.5 Å². The van der Waals surface area contributed by atoms with E-state index in [-0.39, 0.29) is 4.90 Å². The maximum absolute atomic E-state index is 11.9. The van der Waals surface area contributed by atoms with Crippen LogP contribution >= 0.6 is 0 Å². The molecule has 0 aromatic heterocycles. The lowest BCUT2D eigenvalue weighted by molar-refractivity contribution is -0.126. The summed E-state index contributed by atoms with van der Waals surface area (Å²) in [6, 6.07) is 14.7. The second-order valence-corrected chi connectivity index (χ2v) is 6.17. The van der Waals surface area contributed by atoms with Crippen molar-refractivity contribution in [3.05, 3.63) is 54.6 Å². The Morgan fingerprint density at radius 2 is 1.57 bits per heavy atom. The summed E-state index contributed by atoms with van der Waals surface area (Å²) in [5, 5.41) is 8.37. The second-order valence-electron chi connectivity index (χ2n) is 4.18. The third-order valence-electron chi connectivity index (χ3n) is 2.61. The monoisotopic (exact) mass is 307 g/mol. The Kier molecular flexibility index (Phi) is 4.56. The van der Waals surface area contributed by atoms with Crippen LogP contribution in [0.3, 0.4) is 0 Å². The number of para-hydroxylation sites is 1. The van der Waals surface area contributed by atoms with E-state index in [4.69, 9.17) is 9.94 Å². The van der Waals surface area contributed by atoms with E-state index in [0.717, 1.165) is 0 Å². The molecular formula is C14H13NO5S. The number of rotatable bonds is 5. The molecule has 0 aliphatic carbocycles. The highest BCUT2D eigenvalue weighted by Crippen LogP contribution is 2.22. The van der Waals surface area contributed by atoms with Crippen LogP contribution in [-0.2, 0) is 14.6 Å². The molecule has 2 aromatic rings. The Morgan fingerprint density at radius 1 is 1.00 bits per heavy atom. The van der Waals surface area contributed by atoms with Crippen molar-refractivity contribution in [3.8, 4) is 11.5 Å². The quantitative estimate of drug-likeness (QED) is 0.648. The number of hydrogen-bond donors (Lipinski definition) is 2. The molecule has 0 bridgehead atoms. The number of hydroxylamine groups is 1. The number of hydrogen-bond acceptors (Lipinski definition) is 5. The fourth-order valence-corrected chi connectivity index (χ4v) is 2.75. The van der Waals surface area contributed by atoms with Crippen LogP contribution in [0.4, 0.5) is 0 Å². The van der Waals surface area contributed by atoms with Gasteiger partial charge in [-0.25, -0.2) is 13.9 Å². The molecule has 7 heteroatoms. The largest absolute Gasteiger partial charge is 0.457 e. The van der Waals surface area contributed by atoms with Gasteiger partial charge in [0, 0.05) is 0 Å². The van der Waals surface area contributed by atoms with Crippen LogP contribution in [0.5, 0.6) is 11.5 Å². The van der Waals surface area contributed by atoms with Gasteiger partial charge in [0.25, 0.3) is 5.91 Å². The van der Waals surface area contributed by atoms with Crippen LogP contribution < -0.4 is 10.2 Å². The summed E-state index contributed by atoms with van der Waals surface area (Å²) < 4.78 is 29.3. The first-order valence-electron chi connectivity index (χ1n) is 6.00.